The van der Waals surface area contributed by atoms with Gasteiger partial charge in [0.15, 0.2) is 5.69 Å². The number of hydrogen-bond donors (Lipinski definition) is 1. The van der Waals surface area contributed by atoms with Gasteiger partial charge in [0.2, 0.25) is 0 Å². The van der Waals surface area contributed by atoms with E-state index in [0.717, 1.165) is 11.3 Å². The van der Waals surface area contributed by atoms with E-state index in [-0.39, 0.29) is 11.9 Å². The lowest BCUT2D eigenvalue weighted by molar-refractivity contribution is 0.0933. The smallest absolute Gasteiger partial charge is 0.273 e. The molecule has 1 amide bonds. The van der Waals surface area contributed by atoms with Crippen LogP contribution in [0.4, 0.5) is 0 Å². The lowest BCUT2D eigenvalue weighted by Crippen LogP contribution is -2.34. The number of amides is 1. The van der Waals surface area contributed by atoms with E-state index in [1.54, 1.807) is 20.1 Å². The number of nitrogens with one attached hydrogen (secondary N) is 1. The van der Waals surface area contributed by atoms with Gasteiger partial charge in [0.25, 0.3) is 5.91 Å². The zero-order chi connectivity index (χ0) is 16.1. The highest BCUT2D eigenvalue weighted by atomic mass is 16.5. The van der Waals surface area contributed by atoms with Crippen molar-refractivity contribution >= 4 is 5.91 Å². The summed E-state index contributed by atoms with van der Waals surface area (Å²) in [5, 5.41) is 6.60. The minimum atomic E-state index is -0.244. The first kappa shape index (κ1) is 16.0. The molecule has 2 aromatic rings. The third-order valence-electron chi connectivity index (χ3n) is 3.42. The molecule has 0 radical (unpaired) electrons. The molecule has 22 heavy (non-hydrogen) atoms. The second-order valence-corrected chi connectivity index (χ2v) is 5.29. The van der Waals surface area contributed by atoms with Gasteiger partial charge in [-0.25, -0.2) is 0 Å². The van der Waals surface area contributed by atoms with E-state index in [1.807, 2.05) is 43.3 Å². The van der Waals surface area contributed by atoms with Crippen LogP contribution < -0.4 is 10.1 Å². The van der Waals surface area contributed by atoms with Crippen molar-refractivity contribution in [1.82, 2.24) is 15.4 Å². The van der Waals surface area contributed by atoms with E-state index in [2.05, 4.69) is 10.5 Å². The van der Waals surface area contributed by atoms with E-state index in [0.29, 0.717) is 18.0 Å². The predicted octanol–water partition coefficient (Wildman–Crippen LogP) is 2.02. The first-order valence-corrected chi connectivity index (χ1v) is 7.03. The maximum Gasteiger partial charge on any atom is 0.273 e. The summed E-state index contributed by atoms with van der Waals surface area (Å²) in [6, 6.07) is 9.47. The molecule has 118 valence electrons. The maximum absolute atomic E-state index is 12.1. The van der Waals surface area contributed by atoms with Gasteiger partial charge in [0, 0.05) is 12.6 Å². The van der Waals surface area contributed by atoms with Crippen molar-refractivity contribution in [2.45, 2.75) is 13.0 Å². The lowest BCUT2D eigenvalue weighted by Gasteiger charge is -2.25. The quantitative estimate of drug-likeness (QED) is 0.884. The third kappa shape index (κ3) is 3.85. The molecule has 0 aliphatic heterocycles. The fourth-order valence-electron chi connectivity index (χ4n) is 2.20. The summed E-state index contributed by atoms with van der Waals surface area (Å²) in [5.74, 6) is 1.16. The molecular formula is C16H21N3O3. The number of aryl methyl sites for hydroxylation is 1. The number of likely N-dealkylation sites (N-methyl/N-ethyl adjacent to an activating group) is 1. The van der Waals surface area contributed by atoms with Crippen LogP contribution in [0.5, 0.6) is 5.75 Å². The number of carbonyl (C=O) groups excluding carboxylic acids is 1. The largest absolute Gasteiger partial charge is 0.497 e. The maximum atomic E-state index is 12.1. The van der Waals surface area contributed by atoms with Crippen molar-refractivity contribution in [2.24, 2.45) is 0 Å². The molecule has 0 unspecified atom stereocenters. The summed E-state index contributed by atoms with van der Waals surface area (Å²) >= 11 is 0. The number of hydrogen-bond acceptors (Lipinski definition) is 5. The average molecular weight is 303 g/mol. The summed E-state index contributed by atoms with van der Waals surface area (Å²) in [5.41, 5.74) is 1.36. The van der Waals surface area contributed by atoms with Gasteiger partial charge in [0.1, 0.15) is 11.5 Å². The fraction of sp³-hybridized carbons (Fsp3) is 0.375. The van der Waals surface area contributed by atoms with E-state index in [4.69, 9.17) is 9.26 Å². The molecule has 0 aliphatic carbocycles. The van der Waals surface area contributed by atoms with Crippen molar-refractivity contribution in [2.75, 3.05) is 27.7 Å². The molecule has 2 rings (SSSR count). The van der Waals surface area contributed by atoms with E-state index in [9.17, 15) is 4.79 Å². The highest BCUT2D eigenvalue weighted by Crippen LogP contribution is 2.22. The number of methoxy groups -OCH3 is 1. The van der Waals surface area contributed by atoms with Crippen LogP contribution in [0.15, 0.2) is 34.9 Å². The average Bonchev–Trinajstić information content (AvgIpc) is 2.94. The summed E-state index contributed by atoms with van der Waals surface area (Å²) < 4.78 is 10.2. The highest BCUT2D eigenvalue weighted by molar-refractivity contribution is 5.92. The van der Waals surface area contributed by atoms with Crippen LogP contribution in [-0.4, -0.2) is 43.7 Å². The topological polar surface area (TPSA) is 67.6 Å². The predicted molar refractivity (Wildman–Crippen MR) is 83.0 cm³/mol. The normalized spacial score (nSPS) is 12.2. The summed E-state index contributed by atoms with van der Waals surface area (Å²) in [6.45, 7) is 2.22. The Kier molecular flexibility index (Phi) is 5.16. The first-order chi connectivity index (χ1) is 10.5. The molecule has 1 N–H and O–H groups in total. The molecule has 1 aromatic heterocycles. The van der Waals surface area contributed by atoms with Crippen molar-refractivity contribution in [3.8, 4) is 5.75 Å². The Morgan fingerprint density at radius 1 is 1.41 bits per heavy atom. The lowest BCUT2D eigenvalue weighted by atomic mass is 10.1. The van der Waals surface area contributed by atoms with Crippen LogP contribution in [0, 0.1) is 6.92 Å². The van der Waals surface area contributed by atoms with Crippen LogP contribution in [-0.2, 0) is 0 Å². The van der Waals surface area contributed by atoms with Crippen molar-refractivity contribution in [3.63, 3.8) is 0 Å². The van der Waals surface area contributed by atoms with Gasteiger partial charge in [-0.3, -0.25) is 4.79 Å². The SMILES string of the molecule is COc1cccc([C@@H](CNC(=O)c2cc(C)on2)N(C)C)c1. The molecule has 1 heterocycles. The van der Waals surface area contributed by atoms with Gasteiger partial charge >= 0.3 is 0 Å². The molecule has 0 saturated carbocycles. The summed E-state index contributed by atoms with van der Waals surface area (Å²) in [6.07, 6.45) is 0. The Balaban J connectivity index is 2.07. The number of nitrogens with zero attached hydrogens (tertiary/aromatic N) is 2. The van der Waals surface area contributed by atoms with Crippen LogP contribution >= 0.6 is 0 Å². The van der Waals surface area contributed by atoms with Crippen LogP contribution in [0.2, 0.25) is 0 Å². The number of rotatable bonds is 6. The molecule has 0 spiro atoms. The van der Waals surface area contributed by atoms with Gasteiger partial charge in [-0.15, -0.1) is 0 Å². The van der Waals surface area contributed by atoms with Gasteiger partial charge < -0.3 is 19.5 Å². The molecule has 0 bridgehead atoms. The molecule has 6 heteroatoms. The zero-order valence-electron chi connectivity index (χ0n) is 13.3. The Bertz CT molecular complexity index is 637. The van der Waals surface area contributed by atoms with Crippen molar-refractivity contribution < 1.29 is 14.1 Å². The minimum absolute atomic E-state index is 0.0343. The van der Waals surface area contributed by atoms with Crippen LogP contribution in [0.3, 0.4) is 0 Å². The van der Waals surface area contributed by atoms with Crippen LogP contribution in [0.1, 0.15) is 27.9 Å². The third-order valence-corrected chi connectivity index (χ3v) is 3.42. The number of ether oxygens (including phenoxy) is 1. The molecule has 0 saturated heterocycles. The number of benzene rings is 1. The van der Waals surface area contributed by atoms with Crippen molar-refractivity contribution in [3.05, 3.63) is 47.3 Å². The minimum Gasteiger partial charge on any atom is -0.497 e. The molecule has 0 fully saturated rings. The van der Waals surface area contributed by atoms with E-state index >= 15 is 0 Å². The molecule has 1 aromatic carbocycles. The van der Waals surface area contributed by atoms with E-state index < -0.39 is 0 Å². The molecule has 6 nitrogen and oxygen atoms in total. The molecular weight excluding hydrogens is 282 g/mol. The molecule has 1 atom stereocenters. The Labute approximate surface area is 130 Å². The fourth-order valence-corrected chi connectivity index (χ4v) is 2.20. The second kappa shape index (κ2) is 7.09. The monoisotopic (exact) mass is 303 g/mol. The Morgan fingerprint density at radius 2 is 2.18 bits per heavy atom. The van der Waals surface area contributed by atoms with E-state index in [1.165, 1.54) is 0 Å². The summed E-state index contributed by atoms with van der Waals surface area (Å²) in [7, 11) is 5.57. The van der Waals surface area contributed by atoms with Gasteiger partial charge in [0.05, 0.1) is 13.2 Å². The Morgan fingerprint density at radius 3 is 2.77 bits per heavy atom. The van der Waals surface area contributed by atoms with Gasteiger partial charge in [-0.1, -0.05) is 17.3 Å². The van der Waals surface area contributed by atoms with Gasteiger partial charge in [-0.05, 0) is 38.7 Å². The van der Waals surface area contributed by atoms with Crippen LogP contribution in [0.25, 0.3) is 0 Å². The highest BCUT2D eigenvalue weighted by Gasteiger charge is 2.18. The number of aromatic nitrogens is 1. The standard InChI is InChI=1S/C16H21N3O3/c1-11-8-14(18-22-11)16(20)17-10-15(19(2)3)12-6-5-7-13(9-12)21-4/h5-9,15H,10H2,1-4H3,(H,17,20)/t15-/m1/s1. The number of carbonyl (C=O) groups is 1. The van der Waals surface area contributed by atoms with Crippen molar-refractivity contribution in [1.29, 1.82) is 0 Å². The zero-order valence-corrected chi connectivity index (χ0v) is 13.3. The summed E-state index contributed by atoms with van der Waals surface area (Å²) in [4.78, 5) is 14.1. The first-order valence-electron chi connectivity index (χ1n) is 7.03. The second-order valence-electron chi connectivity index (χ2n) is 5.29. The van der Waals surface area contributed by atoms with Gasteiger partial charge in [-0.2, -0.15) is 0 Å². The Hall–Kier alpha value is -2.34. The molecule has 0 aliphatic rings.